The van der Waals surface area contributed by atoms with Gasteiger partial charge in [-0.1, -0.05) is 6.07 Å². The normalized spacial score (nSPS) is 15.1. The second-order valence-electron chi connectivity index (χ2n) is 7.60. The number of fused-ring (bicyclic) bond motifs is 1. The lowest BCUT2D eigenvalue weighted by molar-refractivity contribution is 0.104. The number of ketones is 1. The van der Waals surface area contributed by atoms with Crippen LogP contribution in [0.2, 0.25) is 0 Å². The van der Waals surface area contributed by atoms with Crippen molar-refractivity contribution in [3.63, 3.8) is 0 Å². The summed E-state index contributed by atoms with van der Waals surface area (Å²) in [7, 11) is 2.03. The minimum Gasteiger partial charge on any atom is -0.352 e. The van der Waals surface area contributed by atoms with Crippen molar-refractivity contribution in [2.75, 3.05) is 38.1 Å². The molecule has 3 aromatic heterocycles. The summed E-state index contributed by atoms with van der Waals surface area (Å²) in [5.74, 6) is -0.744. The zero-order chi connectivity index (χ0) is 22.0. The molecule has 0 aliphatic carbocycles. The fourth-order valence-electron chi connectivity index (χ4n) is 3.67. The number of anilines is 1. The molecular formula is C23H24FN5O2. The second-order valence-corrected chi connectivity index (χ2v) is 7.60. The summed E-state index contributed by atoms with van der Waals surface area (Å²) in [6.45, 7) is 5.34. The molecule has 160 valence electrons. The minimum absolute atomic E-state index is 0.0111. The monoisotopic (exact) mass is 421 g/mol. The van der Waals surface area contributed by atoms with Crippen LogP contribution in [0.4, 0.5) is 10.2 Å². The summed E-state index contributed by atoms with van der Waals surface area (Å²) < 4.78 is 16.7. The van der Waals surface area contributed by atoms with Gasteiger partial charge in [-0.05, 0) is 43.8 Å². The highest BCUT2D eigenvalue weighted by atomic mass is 19.1. The van der Waals surface area contributed by atoms with Gasteiger partial charge >= 0.3 is 0 Å². The molecule has 0 saturated carbocycles. The molecule has 3 aromatic rings. The van der Waals surface area contributed by atoms with E-state index >= 15 is 0 Å². The number of nitrogens with zero attached hydrogens (tertiary/aromatic N) is 5. The number of aromatic nitrogens is 3. The van der Waals surface area contributed by atoms with Gasteiger partial charge in [0.15, 0.2) is 17.4 Å². The Labute approximate surface area is 179 Å². The van der Waals surface area contributed by atoms with Crippen LogP contribution >= 0.6 is 0 Å². The predicted molar refractivity (Wildman–Crippen MR) is 119 cm³/mol. The number of rotatable bonds is 5. The SMILES string of the molecule is CCn1cc(C(=O)C=Cc2cccnc2)c(=O)c2cc(F)c(N3CCN(C)CC3)nc21. The van der Waals surface area contributed by atoms with Gasteiger partial charge in [0.1, 0.15) is 5.65 Å². The van der Waals surface area contributed by atoms with Gasteiger partial charge in [0, 0.05) is 51.3 Å². The lowest BCUT2D eigenvalue weighted by Crippen LogP contribution is -2.45. The van der Waals surface area contributed by atoms with E-state index in [1.54, 1.807) is 35.2 Å². The topological polar surface area (TPSA) is 71.3 Å². The average molecular weight is 421 g/mol. The van der Waals surface area contributed by atoms with Crippen LogP contribution in [0.25, 0.3) is 17.1 Å². The van der Waals surface area contributed by atoms with E-state index < -0.39 is 17.0 Å². The zero-order valence-electron chi connectivity index (χ0n) is 17.6. The number of likely N-dealkylation sites (N-methyl/N-ethyl adjacent to an activating group) is 1. The predicted octanol–water partition coefficient (Wildman–Crippen LogP) is 2.60. The highest BCUT2D eigenvalue weighted by Gasteiger charge is 2.22. The van der Waals surface area contributed by atoms with Crippen LogP contribution in [0.3, 0.4) is 0 Å². The maximum atomic E-state index is 14.9. The summed E-state index contributed by atoms with van der Waals surface area (Å²) >= 11 is 0. The van der Waals surface area contributed by atoms with Gasteiger partial charge in [0.25, 0.3) is 0 Å². The Kier molecular flexibility index (Phi) is 5.90. The molecule has 0 unspecified atom stereocenters. The number of carbonyl (C=O) groups excluding carboxylic acids is 1. The summed E-state index contributed by atoms with van der Waals surface area (Å²) in [4.78, 5) is 38.3. The Bertz CT molecular complexity index is 1200. The van der Waals surface area contributed by atoms with Crippen LogP contribution < -0.4 is 10.3 Å². The standard InChI is InChI=1S/C23H24FN5O2/c1-3-28-15-18(20(30)7-6-16-5-4-8-25-14-16)21(31)17-13-19(24)23(26-22(17)28)29-11-9-27(2)10-12-29/h4-8,13-15H,3,9-12H2,1-2H3. The van der Waals surface area contributed by atoms with Crippen molar-refractivity contribution in [1.29, 1.82) is 0 Å². The first-order valence-corrected chi connectivity index (χ1v) is 10.3. The lowest BCUT2D eigenvalue weighted by atomic mass is 10.1. The Morgan fingerprint density at radius 3 is 2.71 bits per heavy atom. The first kappa shape index (κ1) is 20.9. The zero-order valence-corrected chi connectivity index (χ0v) is 17.6. The summed E-state index contributed by atoms with van der Waals surface area (Å²) in [5, 5.41) is 0.109. The van der Waals surface area contributed by atoms with Gasteiger partial charge in [-0.15, -0.1) is 0 Å². The first-order valence-electron chi connectivity index (χ1n) is 10.3. The number of piperazine rings is 1. The van der Waals surface area contributed by atoms with Crippen molar-refractivity contribution in [2.24, 2.45) is 0 Å². The molecule has 8 heteroatoms. The molecule has 4 heterocycles. The maximum Gasteiger partial charge on any atom is 0.202 e. The molecule has 1 saturated heterocycles. The Morgan fingerprint density at radius 2 is 2.03 bits per heavy atom. The van der Waals surface area contributed by atoms with Crippen LogP contribution in [0, 0.1) is 5.82 Å². The highest BCUT2D eigenvalue weighted by Crippen LogP contribution is 2.22. The Morgan fingerprint density at radius 1 is 1.26 bits per heavy atom. The van der Waals surface area contributed by atoms with E-state index in [0.717, 1.165) is 18.7 Å². The fraction of sp³-hybridized carbons (Fsp3) is 0.304. The number of aryl methyl sites for hydroxylation is 1. The van der Waals surface area contributed by atoms with Crippen LogP contribution in [0.1, 0.15) is 22.8 Å². The van der Waals surface area contributed by atoms with Gasteiger partial charge in [-0.25, -0.2) is 9.37 Å². The number of carbonyl (C=O) groups is 1. The van der Waals surface area contributed by atoms with Gasteiger partial charge in [-0.3, -0.25) is 14.6 Å². The third-order valence-electron chi connectivity index (χ3n) is 5.50. The summed E-state index contributed by atoms with van der Waals surface area (Å²) in [5.41, 5.74) is 0.604. The van der Waals surface area contributed by atoms with Crippen molar-refractivity contribution in [3.05, 3.63) is 70.0 Å². The van der Waals surface area contributed by atoms with Gasteiger partial charge in [0.2, 0.25) is 5.43 Å². The first-order chi connectivity index (χ1) is 15.0. The second kappa shape index (κ2) is 8.77. The van der Waals surface area contributed by atoms with Crippen molar-refractivity contribution in [1.82, 2.24) is 19.4 Å². The van der Waals surface area contributed by atoms with E-state index in [0.29, 0.717) is 25.3 Å². The molecule has 0 atom stereocenters. The van der Waals surface area contributed by atoms with Crippen LogP contribution in [0.5, 0.6) is 0 Å². The number of allylic oxidation sites excluding steroid dienone is 1. The van der Waals surface area contributed by atoms with Gasteiger partial charge in [0.05, 0.1) is 10.9 Å². The number of hydrogen-bond acceptors (Lipinski definition) is 6. The van der Waals surface area contributed by atoms with Crippen molar-refractivity contribution < 1.29 is 9.18 Å². The Hall–Kier alpha value is -3.39. The van der Waals surface area contributed by atoms with Crippen molar-refractivity contribution in [2.45, 2.75) is 13.5 Å². The van der Waals surface area contributed by atoms with E-state index in [9.17, 15) is 14.0 Å². The molecule has 0 radical (unpaired) electrons. The van der Waals surface area contributed by atoms with Crippen molar-refractivity contribution in [3.8, 4) is 0 Å². The van der Waals surface area contributed by atoms with Crippen LogP contribution in [0.15, 0.2) is 47.7 Å². The van der Waals surface area contributed by atoms with E-state index in [1.165, 1.54) is 18.3 Å². The summed E-state index contributed by atoms with van der Waals surface area (Å²) in [6, 6.07) is 4.78. The van der Waals surface area contributed by atoms with Gasteiger partial charge in [-0.2, -0.15) is 0 Å². The number of pyridine rings is 3. The highest BCUT2D eigenvalue weighted by molar-refractivity contribution is 6.08. The largest absolute Gasteiger partial charge is 0.352 e. The molecule has 0 N–H and O–H groups in total. The number of halogens is 1. The Balaban J connectivity index is 1.75. The molecule has 0 aromatic carbocycles. The molecule has 7 nitrogen and oxygen atoms in total. The van der Waals surface area contributed by atoms with E-state index in [4.69, 9.17) is 0 Å². The quantitative estimate of drug-likeness (QED) is 0.466. The molecule has 1 aliphatic heterocycles. The maximum absolute atomic E-state index is 14.9. The fourth-order valence-corrected chi connectivity index (χ4v) is 3.67. The average Bonchev–Trinajstić information content (AvgIpc) is 2.79. The van der Waals surface area contributed by atoms with Crippen LogP contribution in [-0.4, -0.2) is 58.4 Å². The number of hydrogen-bond donors (Lipinski definition) is 0. The molecule has 0 spiro atoms. The van der Waals surface area contributed by atoms with Gasteiger partial charge < -0.3 is 14.4 Å². The molecule has 4 rings (SSSR count). The molecule has 0 bridgehead atoms. The smallest absolute Gasteiger partial charge is 0.202 e. The third-order valence-corrected chi connectivity index (χ3v) is 5.50. The molecule has 1 fully saturated rings. The van der Waals surface area contributed by atoms with E-state index in [2.05, 4.69) is 14.9 Å². The lowest BCUT2D eigenvalue weighted by Gasteiger charge is -2.33. The summed E-state index contributed by atoms with van der Waals surface area (Å²) in [6.07, 6.45) is 7.71. The minimum atomic E-state index is -0.549. The van der Waals surface area contributed by atoms with E-state index in [-0.39, 0.29) is 16.8 Å². The molecule has 0 amide bonds. The third kappa shape index (κ3) is 4.25. The molecule has 1 aliphatic rings. The molecule has 31 heavy (non-hydrogen) atoms. The van der Waals surface area contributed by atoms with Crippen molar-refractivity contribution >= 4 is 28.7 Å². The van der Waals surface area contributed by atoms with Crippen LogP contribution in [-0.2, 0) is 6.54 Å². The van der Waals surface area contributed by atoms with E-state index in [1.807, 2.05) is 18.9 Å². The molecular weight excluding hydrogens is 397 g/mol.